The number of nitroso groups, excluding NO2 is 1. The summed E-state index contributed by atoms with van der Waals surface area (Å²) in [6.45, 7) is 3.38. The van der Waals surface area contributed by atoms with Crippen molar-refractivity contribution in [1.82, 2.24) is 15.5 Å². The molecular weight excluding hydrogens is 498 g/mol. The number of anilines is 1. The highest BCUT2D eigenvalue weighted by molar-refractivity contribution is 6.12. The number of unbranched alkanes of at least 4 members (excludes halogenated alkanes) is 2. The molecule has 1 aliphatic heterocycles. The van der Waals surface area contributed by atoms with Crippen LogP contribution in [-0.2, 0) is 35.3 Å². The third-order valence-electron chi connectivity index (χ3n) is 5.55. The fourth-order valence-electron chi connectivity index (χ4n) is 3.50. The Bertz CT molecular complexity index is 1070. The SMILES string of the molecule is CC(C)C(NC(=O)CCCCCN1C(=O)C=CC1=O)C(=O)NCC(=O)Nc1ccc(COC(=O)N=O)cc1. The average Bonchev–Trinajstić information content (AvgIpc) is 3.21. The molecular formula is C25H31N5O8. The largest absolute Gasteiger partial charge is 0.470 e. The van der Waals surface area contributed by atoms with Gasteiger partial charge in [0.15, 0.2) is 0 Å². The van der Waals surface area contributed by atoms with Gasteiger partial charge in [-0.3, -0.25) is 28.9 Å². The summed E-state index contributed by atoms with van der Waals surface area (Å²) in [6.07, 6.45) is 3.14. The van der Waals surface area contributed by atoms with Gasteiger partial charge in [-0.1, -0.05) is 32.4 Å². The minimum Gasteiger partial charge on any atom is -0.441 e. The van der Waals surface area contributed by atoms with Crippen LogP contribution in [0, 0.1) is 10.8 Å². The molecule has 1 aliphatic rings. The number of nitrogens with zero attached hydrogens (tertiary/aromatic N) is 2. The Morgan fingerprint density at radius 3 is 2.21 bits per heavy atom. The van der Waals surface area contributed by atoms with Crippen LogP contribution < -0.4 is 16.0 Å². The summed E-state index contributed by atoms with van der Waals surface area (Å²) in [5.74, 6) is -2.19. The highest BCUT2D eigenvalue weighted by atomic mass is 16.6. The highest BCUT2D eigenvalue weighted by Gasteiger charge is 2.25. The molecule has 38 heavy (non-hydrogen) atoms. The number of nitrogens with one attached hydrogen (secondary N) is 3. The number of benzene rings is 1. The van der Waals surface area contributed by atoms with Crippen LogP contribution in [0.3, 0.4) is 0 Å². The number of hydrogen-bond donors (Lipinski definition) is 3. The molecule has 0 spiro atoms. The lowest BCUT2D eigenvalue weighted by atomic mass is 10.0. The Labute approximate surface area is 219 Å². The molecule has 1 aromatic carbocycles. The van der Waals surface area contributed by atoms with Crippen molar-refractivity contribution in [2.24, 2.45) is 11.1 Å². The van der Waals surface area contributed by atoms with Gasteiger partial charge in [-0.25, -0.2) is 4.79 Å². The molecule has 0 bridgehead atoms. The van der Waals surface area contributed by atoms with Gasteiger partial charge in [0.05, 0.1) is 11.7 Å². The molecule has 1 unspecified atom stereocenters. The number of carbonyl (C=O) groups excluding carboxylic acids is 6. The minimum absolute atomic E-state index is 0.143. The second-order valence-electron chi connectivity index (χ2n) is 8.87. The molecule has 13 nitrogen and oxygen atoms in total. The number of ether oxygens (including phenoxy) is 1. The van der Waals surface area contributed by atoms with Gasteiger partial charge in [0.2, 0.25) is 17.7 Å². The first-order valence-electron chi connectivity index (χ1n) is 12.1. The van der Waals surface area contributed by atoms with Crippen molar-refractivity contribution in [3.05, 3.63) is 46.9 Å². The van der Waals surface area contributed by atoms with Crippen LogP contribution in [0.2, 0.25) is 0 Å². The lowest BCUT2D eigenvalue weighted by Gasteiger charge is -2.21. The van der Waals surface area contributed by atoms with Gasteiger partial charge < -0.3 is 20.7 Å². The molecule has 1 atom stereocenters. The maximum absolute atomic E-state index is 12.6. The van der Waals surface area contributed by atoms with Gasteiger partial charge in [0, 0.05) is 30.8 Å². The van der Waals surface area contributed by atoms with Crippen molar-refractivity contribution in [1.29, 1.82) is 0 Å². The van der Waals surface area contributed by atoms with Crippen molar-refractivity contribution in [3.8, 4) is 0 Å². The topological polar surface area (TPSA) is 180 Å². The van der Waals surface area contributed by atoms with Gasteiger partial charge in [-0.2, -0.15) is 0 Å². The first-order valence-corrected chi connectivity index (χ1v) is 12.1. The van der Waals surface area contributed by atoms with Gasteiger partial charge in [0.25, 0.3) is 11.8 Å². The van der Waals surface area contributed by atoms with Crippen LogP contribution in [0.4, 0.5) is 10.5 Å². The van der Waals surface area contributed by atoms with Gasteiger partial charge >= 0.3 is 6.09 Å². The number of carbonyl (C=O) groups is 6. The Morgan fingerprint density at radius 2 is 1.61 bits per heavy atom. The smallest absolute Gasteiger partial charge is 0.441 e. The molecule has 0 radical (unpaired) electrons. The van der Waals surface area contributed by atoms with Crippen molar-refractivity contribution in [2.75, 3.05) is 18.4 Å². The first-order chi connectivity index (χ1) is 18.1. The quantitative estimate of drug-likeness (QED) is 0.185. The molecule has 204 valence electrons. The Morgan fingerprint density at radius 1 is 0.947 bits per heavy atom. The third kappa shape index (κ3) is 9.91. The van der Waals surface area contributed by atoms with Crippen LogP contribution in [-0.4, -0.2) is 59.7 Å². The predicted octanol–water partition coefficient (Wildman–Crippen LogP) is 1.77. The van der Waals surface area contributed by atoms with E-state index in [1.165, 1.54) is 12.2 Å². The molecule has 0 aliphatic carbocycles. The average molecular weight is 530 g/mol. The summed E-state index contributed by atoms with van der Waals surface area (Å²) in [4.78, 5) is 82.2. The first kappa shape index (κ1) is 29.8. The van der Waals surface area contributed by atoms with Crippen molar-refractivity contribution in [2.45, 2.75) is 52.2 Å². The molecule has 6 amide bonds. The van der Waals surface area contributed by atoms with E-state index in [4.69, 9.17) is 0 Å². The third-order valence-corrected chi connectivity index (χ3v) is 5.55. The number of hydrogen-bond acceptors (Lipinski definition) is 8. The summed E-state index contributed by atoms with van der Waals surface area (Å²) < 4.78 is 4.58. The molecule has 2 rings (SSSR count). The van der Waals surface area contributed by atoms with Crippen LogP contribution in [0.5, 0.6) is 0 Å². The van der Waals surface area contributed by atoms with Crippen LogP contribution >= 0.6 is 0 Å². The van der Waals surface area contributed by atoms with Crippen LogP contribution in [0.25, 0.3) is 0 Å². The fourth-order valence-corrected chi connectivity index (χ4v) is 3.50. The molecule has 3 N–H and O–H groups in total. The summed E-state index contributed by atoms with van der Waals surface area (Å²) in [5.41, 5.74) is 1.02. The second kappa shape index (κ2) is 15.0. The molecule has 0 saturated heterocycles. The zero-order valence-corrected chi connectivity index (χ0v) is 21.2. The van der Waals surface area contributed by atoms with E-state index < -0.39 is 23.9 Å². The molecule has 0 aromatic heterocycles. The second-order valence-corrected chi connectivity index (χ2v) is 8.87. The zero-order valence-electron chi connectivity index (χ0n) is 21.2. The number of imide groups is 1. The summed E-state index contributed by atoms with van der Waals surface area (Å²) in [6, 6.07) is 5.46. The normalized spacial score (nSPS) is 13.3. The minimum atomic E-state index is -1.22. The fraction of sp³-hybridized carbons (Fsp3) is 0.440. The van der Waals surface area contributed by atoms with E-state index in [2.05, 4.69) is 25.9 Å². The van der Waals surface area contributed by atoms with Crippen molar-refractivity contribution in [3.63, 3.8) is 0 Å². The molecule has 13 heteroatoms. The Hall–Kier alpha value is -4.42. The van der Waals surface area contributed by atoms with Gasteiger partial charge in [0.1, 0.15) is 12.6 Å². The molecule has 1 aromatic rings. The van der Waals surface area contributed by atoms with E-state index in [-0.39, 0.29) is 43.2 Å². The van der Waals surface area contributed by atoms with E-state index >= 15 is 0 Å². The Balaban J connectivity index is 1.70. The van der Waals surface area contributed by atoms with Crippen molar-refractivity contribution >= 4 is 41.3 Å². The van der Waals surface area contributed by atoms with E-state index in [9.17, 15) is 33.7 Å². The number of amides is 6. The lowest BCUT2D eigenvalue weighted by molar-refractivity contribution is -0.137. The lowest BCUT2D eigenvalue weighted by Crippen LogP contribution is -2.51. The molecule has 0 fully saturated rings. The number of rotatable bonds is 14. The predicted molar refractivity (Wildman–Crippen MR) is 135 cm³/mol. The van der Waals surface area contributed by atoms with Crippen LogP contribution in [0.15, 0.2) is 41.6 Å². The molecule has 0 saturated carbocycles. The maximum Gasteiger partial charge on any atom is 0.470 e. The standard InChI is InChI=1S/C25H31N5O8/c1-16(2)23(28-19(31)6-4-3-5-13-30-21(33)11-12-22(30)34)24(35)26-14-20(32)27-18-9-7-17(8-10-18)15-38-25(36)29-37/h7-12,16,23H,3-6,13-15H2,1-2H3,(H,26,35)(H,27,32)(H,28,31). The monoisotopic (exact) mass is 529 g/mol. The zero-order chi connectivity index (χ0) is 28.1. The van der Waals surface area contributed by atoms with Gasteiger partial charge in [-0.05, 0) is 36.5 Å². The summed E-state index contributed by atoms with van der Waals surface area (Å²) in [7, 11) is 0. The summed E-state index contributed by atoms with van der Waals surface area (Å²) >= 11 is 0. The van der Waals surface area contributed by atoms with E-state index in [1.807, 2.05) is 0 Å². The highest BCUT2D eigenvalue weighted by Crippen LogP contribution is 2.11. The van der Waals surface area contributed by atoms with E-state index in [0.29, 0.717) is 37.1 Å². The van der Waals surface area contributed by atoms with Crippen LogP contribution in [0.1, 0.15) is 45.1 Å². The van der Waals surface area contributed by atoms with E-state index in [0.717, 1.165) is 4.90 Å². The Kier molecular flexibility index (Phi) is 11.7. The van der Waals surface area contributed by atoms with E-state index in [1.54, 1.807) is 38.1 Å². The van der Waals surface area contributed by atoms with Gasteiger partial charge in [-0.15, -0.1) is 4.91 Å². The van der Waals surface area contributed by atoms with Crippen molar-refractivity contribution < 1.29 is 33.5 Å². The maximum atomic E-state index is 12.6. The summed E-state index contributed by atoms with van der Waals surface area (Å²) in [5, 5.41) is 9.94. The molecule has 1 heterocycles.